The summed E-state index contributed by atoms with van der Waals surface area (Å²) < 4.78 is 80.1. The van der Waals surface area contributed by atoms with Gasteiger partial charge in [0.2, 0.25) is 15.9 Å². The summed E-state index contributed by atoms with van der Waals surface area (Å²) in [6.45, 7) is 0.914. The van der Waals surface area contributed by atoms with E-state index in [0.29, 0.717) is 31.1 Å². The highest BCUT2D eigenvalue weighted by Crippen LogP contribution is 2.34. The van der Waals surface area contributed by atoms with Crippen LogP contribution in [0.2, 0.25) is 0 Å². The molecule has 0 saturated carbocycles. The van der Waals surface area contributed by atoms with Gasteiger partial charge in [0.25, 0.3) is 10.0 Å². The molecule has 40 heavy (non-hydrogen) atoms. The first-order valence-corrected chi connectivity index (χ1v) is 15.6. The quantitative estimate of drug-likeness (QED) is 0.426. The molecule has 2 aliphatic rings. The van der Waals surface area contributed by atoms with Crippen LogP contribution in [0.15, 0.2) is 76.5 Å². The largest absolute Gasteiger partial charge is 0.486 e. The molecule has 0 atom stereocenters. The molecule has 2 heterocycles. The molecule has 212 valence electrons. The van der Waals surface area contributed by atoms with Crippen molar-refractivity contribution in [2.24, 2.45) is 0 Å². The summed E-state index contributed by atoms with van der Waals surface area (Å²) in [6.07, 6.45) is 2.62. The number of nitrogens with one attached hydrogen (secondary N) is 1. The van der Waals surface area contributed by atoms with Gasteiger partial charge in [0.15, 0.2) is 11.5 Å². The van der Waals surface area contributed by atoms with Crippen LogP contribution in [0.5, 0.6) is 11.5 Å². The fourth-order valence-electron chi connectivity index (χ4n) is 4.53. The lowest BCUT2D eigenvalue weighted by molar-refractivity contribution is -0.114. The summed E-state index contributed by atoms with van der Waals surface area (Å²) in [7, 11) is -7.94. The predicted molar refractivity (Wildman–Crippen MR) is 146 cm³/mol. The Morgan fingerprint density at radius 3 is 2.12 bits per heavy atom. The summed E-state index contributed by atoms with van der Waals surface area (Å²) in [5, 5.41) is 2.61. The zero-order chi connectivity index (χ0) is 28.3. The van der Waals surface area contributed by atoms with Crippen LogP contribution >= 0.6 is 0 Å². The molecule has 1 amide bonds. The molecule has 0 unspecified atom stereocenters. The first kappa shape index (κ1) is 27.9. The average Bonchev–Trinajstić information content (AvgIpc) is 2.97. The van der Waals surface area contributed by atoms with Gasteiger partial charge in [0, 0.05) is 24.8 Å². The van der Waals surface area contributed by atoms with E-state index in [4.69, 9.17) is 9.47 Å². The number of carbonyl (C=O) groups excluding carboxylic acids is 1. The van der Waals surface area contributed by atoms with E-state index < -0.39 is 38.3 Å². The summed E-state index contributed by atoms with van der Waals surface area (Å²) in [5.41, 5.74) is 0.368. The van der Waals surface area contributed by atoms with Crippen molar-refractivity contribution in [1.82, 2.24) is 4.31 Å². The van der Waals surface area contributed by atoms with Crippen LogP contribution in [0.1, 0.15) is 19.3 Å². The molecule has 0 aliphatic carbocycles. The zero-order valence-electron chi connectivity index (χ0n) is 21.5. The molecular weight excluding hydrogens is 561 g/mol. The van der Waals surface area contributed by atoms with Crippen molar-refractivity contribution in [3.8, 4) is 11.5 Å². The normalized spacial score (nSPS) is 15.8. The number of sulfonamides is 2. The molecule has 1 saturated heterocycles. The van der Waals surface area contributed by atoms with E-state index in [1.54, 1.807) is 0 Å². The number of fused-ring (bicyclic) bond motifs is 1. The molecule has 3 aromatic rings. The van der Waals surface area contributed by atoms with E-state index in [1.165, 1.54) is 58.9 Å². The van der Waals surface area contributed by atoms with Gasteiger partial charge in [-0.2, -0.15) is 4.31 Å². The molecule has 1 N–H and O–H groups in total. The van der Waals surface area contributed by atoms with Crippen molar-refractivity contribution in [2.45, 2.75) is 29.1 Å². The Balaban J connectivity index is 1.36. The maximum absolute atomic E-state index is 13.7. The van der Waals surface area contributed by atoms with E-state index >= 15 is 0 Å². The highest BCUT2D eigenvalue weighted by Gasteiger charge is 2.30. The second kappa shape index (κ2) is 11.4. The molecule has 0 radical (unpaired) electrons. The van der Waals surface area contributed by atoms with Crippen molar-refractivity contribution >= 4 is 37.3 Å². The van der Waals surface area contributed by atoms with Gasteiger partial charge in [0.05, 0.1) is 15.5 Å². The third-order valence-corrected chi connectivity index (χ3v) is 10.3. The van der Waals surface area contributed by atoms with Gasteiger partial charge < -0.3 is 14.8 Å². The SMILES string of the molecule is O=C(CN(c1ccc(F)cc1)S(=O)(=O)c1ccc2c(c1)OCCO2)Nc1ccc(S(=O)(=O)N2CCCCC2)cc1. The lowest BCUT2D eigenvalue weighted by Gasteiger charge is -2.26. The highest BCUT2D eigenvalue weighted by molar-refractivity contribution is 7.92. The number of ether oxygens (including phenoxy) is 2. The zero-order valence-corrected chi connectivity index (χ0v) is 23.1. The Labute approximate surface area is 232 Å². The van der Waals surface area contributed by atoms with Crippen LogP contribution in [0.25, 0.3) is 0 Å². The van der Waals surface area contributed by atoms with E-state index in [2.05, 4.69) is 5.32 Å². The molecule has 0 aromatic heterocycles. The van der Waals surface area contributed by atoms with Gasteiger partial charge in [-0.05, 0) is 73.5 Å². The third-order valence-electron chi connectivity index (χ3n) is 6.59. The molecular formula is C27H28FN3O7S2. The Bertz CT molecular complexity index is 1590. The number of anilines is 2. The second-order valence-electron chi connectivity index (χ2n) is 9.33. The van der Waals surface area contributed by atoms with E-state index in [0.717, 1.165) is 35.7 Å². The first-order chi connectivity index (χ1) is 19.1. The summed E-state index contributed by atoms with van der Waals surface area (Å²) in [4.78, 5) is 13.0. The minimum Gasteiger partial charge on any atom is -0.486 e. The van der Waals surface area contributed by atoms with Gasteiger partial charge in [-0.15, -0.1) is 0 Å². The second-order valence-corrected chi connectivity index (χ2v) is 13.1. The number of amides is 1. The lowest BCUT2D eigenvalue weighted by atomic mass is 10.2. The van der Waals surface area contributed by atoms with Crippen LogP contribution in [-0.2, 0) is 24.8 Å². The van der Waals surface area contributed by atoms with Crippen molar-refractivity contribution in [1.29, 1.82) is 0 Å². The molecule has 3 aromatic carbocycles. The standard InChI is InChI=1S/C27H28FN3O7S2/c28-20-4-8-22(9-5-20)31(40(35,36)24-12-13-25-26(18-24)38-17-16-37-25)19-27(32)29-21-6-10-23(11-7-21)39(33,34)30-14-2-1-3-15-30/h4-13,18H,1-3,14-17,19H2,(H,29,32). The molecule has 0 bridgehead atoms. The average molecular weight is 590 g/mol. The van der Waals surface area contributed by atoms with Crippen molar-refractivity contribution in [2.75, 3.05) is 42.5 Å². The molecule has 10 nitrogen and oxygen atoms in total. The van der Waals surface area contributed by atoms with Gasteiger partial charge in [-0.1, -0.05) is 6.42 Å². The minimum atomic E-state index is -4.30. The molecule has 0 spiro atoms. The molecule has 1 fully saturated rings. The number of carbonyl (C=O) groups is 1. The molecule has 2 aliphatic heterocycles. The number of nitrogens with zero attached hydrogens (tertiary/aromatic N) is 2. The van der Waals surface area contributed by atoms with E-state index in [9.17, 15) is 26.0 Å². The third kappa shape index (κ3) is 5.91. The molecule has 13 heteroatoms. The monoisotopic (exact) mass is 589 g/mol. The number of halogens is 1. The van der Waals surface area contributed by atoms with Crippen LogP contribution in [0.3, 0.4) is 0 Å². The van der Waals surface area contributed by atoms with Gasteiger partial charge in [-0.25, -0.2) is 21.2 Å². The van der Waals surface area contributed by atoms with Crippen molar-refractivity contribution in [3.63, 3.8) is 0 Å². The number of rotatable bonds is 8. The number of hydrogen-bond donors (Lipinski definition) is 1. The van der Waals surface area contributed by atoms with Crippen molar-refractivity contribution < 1.29 is 35.5 Å². The van der Waals surface area contributed by atoms with Crippen LogP contribution < -0.4 is 19.1 Å². The van der Waals surface area contributed by atoms with Gasteiger partial charge >= 0.3 is 0 Å². The maximum Gasteiger partial charge on any atom is 0.264 e. The van der Waals surface area contributed by atoms with Crippen molar-refractivity contribution in [3.05, 3.63) is 72.5 Å². The lowest BCUT2D eigenvalue weighted by Crippen LogP contribution is -2.38. The van der Waals surface area contributed by atoms with Crippen LogP contribution in [0, 0.1) is 5.82 Å². The highest BCUT2D eigenvalue weighted by atomic mass is 32.2. The first-order valence-electron chi connectivity index (χ1n) is 12.7. The Morgan fingerprint density at radius 1 is 0.825 bits per heavy atom. The fraction of sp³-hybridized carbons (Fsp3) is 0.296. The smallest absolute Gasteiger partial charge is 0.264 e. The minimum absolute atomic E-state index is 0.0782. The van der Waals surface area contributed by atoms with Crippen LogP contribution in [0.4, 0.5) is 15.8 Å². The van der Waals surface area contributed by atoms with Crippen LogP contribution in [-0.4, -0.2) is 59.9 Å². The number of benzene rings is 3. The summed E-state index contributed by atoms with van der Waals surface area (Å²) >= 11 is 0. The number of piperidine rings is 1. The molecule has 5 rings (SSSR count). The summed E-state index contributed by atoms with van der Waals surface area (Å²) in [5.74, 6) is -0.584. The fourth-order valence-corrected chi connectivity index (χ4v) is 7.48. The van der Waals surface area contributed by atoms with E-state index in [1.807, 2.05) is 0 Å². The topological polar surface area (TPSA) is 122 Å². The number of hydrogen-bond acceptors (Lipinski definition) is 7. The predicted octanol–water partition coefficient (Wildman–Crippen LogP) is 3.61. The Kier molecular flexibility index (Phi) is 7.97. The van der Waals surface area contributed by atoms with Gasteiger partial charge in [-0.3, -0.25) is 9.10 Å². The van der Waals surface area contributed by atoms with E-state index in [-0.39, 0.29) is 27.8 Å². The Morgan fingerprint density at radius 2 is 1.45 bits per heavy atom. The Hall–Kier alpha value is -3.68. The summed E-state index contributed by atoms with van der Waals surface area (Å²) in [6, 6.07) is 14.6. The van der Waals surface area contributed by atoms with Gasteiger partial charge in [0.1, 0.15) is 25.6 Å². The maximum atomic E-state index is 13.7.